The van der Waals surface area contributed by atoms with Crippen molar-refractivity contribution in [2.75, 3.05) is 5.32 Å². The number of urea groups is 2. The summed E-state index contributed by atoms with van der Waals surface area (Å²) in [5, 5.41) is 2.44. The number of carbonyl (C=O) groups excluding carboxylic acids is 2. The van der Waals surface area contributed by atoms with Gasteiger partial charge in [-0.2, -0.15) is 0 Å². The number of primary amides is 3. The minimum atomic E-state index is -0.833. The second-order valence-corrected chi connectivity index (χ2v) is 2.26. The van der Waals surface area contributed by atoms with E-state index in [9.17, 15) is 4.79 Å². The lowest BCUT2D eigenvalue weighted by Crippen LogP contribution is -2.18. The number of nitrogens with one attached hydrogen (secondary N) is 1. The van der Waals surface area contributed by atoms with Gasteiger partial charge in [-0.1, -0.05) is 18.2 Å². The molecule has 0 aliphatic rings. The van der Waals surface area contributed by atoms with Crippen molar-refractivity contribution >= 4 is 17.7 Å². The van der Waals surface area contributed by atoms with Gasteiger partial charge >= 0.3 is 12.1 Å². The van der Waals surface area contributed by atoms with Gasteiger partial charge in [-0.05, 0) is 12.1 Å². The molecular weight excluding hydrogens is 184 g/mol. The van der Waals surface area contributed by atoms with Crippen LogP contribution >= 0.6 is 0 Å². The fraction of sp³-hybridized carbons (Fsp3) is 0. The van der Waals surface area contributed by atoms with Crippen molar-refractivity contribution in [2.45, 2.75) is 0 Å². The van der Waals surface area contributed by atoms with Gasteiger partial charge in [0.2, 0.25) is 0 Å². The normalized spacial score (nSPS) is 8.00. The van der Waals surface area contributed by atoms with E-state index in [1.165, 1.54) is 0 Å². The maximum absolute atomic E-state index is 10.3. The molecule has 4 amide bonds. The molecular formula is C8H12N4O2. The molecule has 0 saturated carbocycles. The summed E-state index contributed by atoms with van der Waals surface area (Å²) in [5.74, 6) is 0. The third-order valence-electron chi connectivity index (χ3n) is 1.04. The Morgan fingerprint density at radius 3 is 1.79 bits per heavy atom. The van der Waals surface area contributed by atoms with E-state index < -0.39 is 12.1 Å². The molecule has 0 aliphatic carbocycles. The Balaban J connectivity index is 0.000000364. The van der Waals surface area contributed by atoms with E-state index >= 15 is 0 Å². The zero-order chi connectivity index (χ0) is 11.0. The van der Waals surface area contributed by atoms with Crippen LogP contribution in [0.25, 0.3) is 0 Å². The number of hydrogen-bond acceptors (Lipinski definition) is 2. The molecule has 76 valence electrons. The first kappa shape index (κ1) is 11.8. The number of nitrogens with two attached hydrogens (primary N) is 3. The van der Waals surface area contributed by atoms with E-state index in [1.54, 1.807) is 12.1 Å². The lowest BCUT2D eigenvalue weighted by Gasteiger charge is -1.97. The summed E-state index contributed by atoms with van der Waals surface area (Å²) in [7, 11) is 0. The van der Waals surface area contributed by atoms with Crippen LogP contribution in [0.15, 0.2) is 30.3 Å². The van der Waals surface area contributed by atoms with Gasteiger partial charge in [-0.15, -0.1) is 0 Å². The molecule has 1 aromatic carbocycles. The lowest BCUT2D eigenvalue weighted by molar-refractivity contribution is 0.256. The summed E-state index contributed by atoms with van der Waals surface area (Å²) in [6.07, 6.45) is 0. The third kappa shape index (κ3) is 7.86. The van der Waals surface area contributed by atoms with E-state index in [4.69, 9.17) is 10.5 Å². The Bertz CT molecular complexity index is 295. The smallest absolute Gasteiger partial charge is 0.316 e. The molecule has 1 aromatic rings. The molecule has 7 N–H and O–H groups in total. The van der Waals surface area contributed by atoms with Crippen LogP contribution in [0.3, 0.4) is 0 Å². The molecule has 0 atom stereocenters. The standard InChI is InChI=1S/C7H8N2O.CH4N2O/c8-7(10)9-6-4-2-1-3-5-6;2-1(3)4/h1-5H,(H3,8,9,10);(H4,2,3,4). The quantitative estimate of drug-likeness (QED) is 0.512. The molecule has 0 heterocycles. The van der Waals surface area contributed by atoms with Crippen LogP contribution in [0, 0.1) is 0 Å². The zero-order valence-electron chi connectivity index (χ0n) is 7.44. The predicted octanol–water partition coefficient (Wildman–Crippen LogP) is 0.201. The van der Waals surface area contributed by atoms with Crippen molar-refractivity contribution in [3.63, 3.8) is 0 Å². The highest BCUT2D eigenvalue weighted by Gasteiger charge is 1.90. The summed E-state index contributed by atoms with van der Waals surface area (Å²) in [5.41, 5.74) is 14.1. The molecule has 14 heavy (non-hydrogen) atoms. The number of carbonyl (C=O) groups is 2. The first-order valence-corrected chi connectivity index (χ1v) is 3.68. The topological polar surface area (TPSA) is 124 Å². The van der Waals surface area contributed by atoms with Crippen LogP contribution in [0.1, 0.15) is 0 Å². The van der Waals surface area contributed by atoms with Crippen molar-refractivity contribution in [3.8, 4) is 0 Å². The van der Waals surface area contributed by atoms with Gasteiger partial charge in [0, 0.05) is 5.69 Å². The highest BCUT2D eigenvalue weighted by atomic mass is 16.2. The summed E-state index contributed by atoms with van der Waals surface area (Å²) in [6.45, 7) is 0. The second-order valence-electron chi connectivity index (χ2n) is 2.26. The van der Waals surface area contributed by atoms with Crippen molar-refractivity contribution < 1.29 is 9.59 Å². The number of hydrogen-bond donors (Lipinski definition) is 4. The molecule has 0 aromatic heterocycles. The second kappa shape index (κ2) is 6.30. The van der Waals surface area contributed by atoms with E-state index in [0.717, 1.165) is 5.69 Å². The molecule has 0 unspecified atom stereocenters. The van der Waals surface area contributed by atoms with Crippen LogP contribution < -0.4 is 22.5 Å². The highest BCUT2D eigenvalue weighted by molar-refractivity contribution is 5.87. The van der Waals surface area contributed by atoms with Gasteiger partial charge in [0.1, 0.15) is 0 Å². The molecule has 0 spiro atoms. The van der Waals surface area contributed by atoms with Gasteiger partial charge in [0.25, 0.3) is 0 Å². The summed E-state index contributed by atoms with van der Waals surface area (Å²) >= 11 is 0. The predicted molar refractivity (Wildman–Crippen MR) is 53.4 cm³/mol. The van der Waals surface area contributed by atoms with Crippen molar-refractivity contribution in [2.24, 2.45) is 17.2 Å². The van der Waals surface area contributed by atoms with Gasteiger partial charge in [-0.25, -0.2) is 9.59 Å². The average molecular weight is 196 g/mol. The largest absolute Gasteiger partial charge is 0.352 e. The number of benzene rings is 1. The maximum Gasteiger partial charge on any atom is 0.316 e. The number of para-hydroxylation sites is 1. The summed E-state index contributed by atoms with van der Waals surface area (Å²) < 4.78 is 0. The van der Waals surface area contributed by atoms with Crippen molar-refractivity contribution in [1.29, 1.82) is 0 Å². The zero-order valence-corrected chi connectivity index (χ0v) is 7.44. The Kier molecular flexibility index (Phi) is 5.29. The van der Waals surface area contributed by atoms with E-state index in [0.29, 0.717) is 0 Å². The molecule has 6 nitrogen and oxygen atoms in total. The minimum Gasteiger partial charge on any atom is -0.352 e. The monoisotopic (exact) mass is 196 g/mol. The van der Waals surface area contributed by atoms with Crippen LogP contribution in [0.4, 0.5) is 15.3 Å². The van der Waals surface area contributed by atoms with Gasteiger partial charge < -0.3 is 22.5 Å². The summed E-state index contributed by atoms with van der Waals surface area (Å²) in [6, 6.07) is 7.68. The molecule has 0 fully saturated rings. The maximum atomic E-state index is 10.3. The number of anilines is 1. The first-order chi connectivity index (χ1) is 6.52. The Hall–Kier alpha value is -2.24. The molecule has 0 aliphatic heterocycles. The van der Waals surface area contributed by atoms with Crippen LogP contribution in [0.2, 0.25) is 0 Å². The molecule has 0 saturated heterocycles. The van der Waals surface area contributed by atoms with E-state index in [1.807, 2.05) is 18.2 Å². The Morgan fingerprint density at radius 1 is 1.00 bits per heavy atom. The fourth-order valence-electron chi connectivity index (χ4n) is 0.664. The molecule has 0 bridgehead atoms. The van der Waals surface area contributed by atoms with Gasteiger partial charge in [-0.3, -0.25) is 0 Å². The highest BCUT2D eigenvalue weighted by Crippen LogP contribution is 2.03. The van der Waals surface area contributed by atoms with E-state index in [2.05, 4.69) is 16.8 Å². The third-order valence-corrected chi connectivity index (χ3v) is 1.04. The van der Waals surface area contributed by atoms with Crippen LogP contribution in [0.5, 0.6) is 0 Å². The van der Waals surface area contributed by atoms with Crippen LogP contribution in [-0.4, -0.2) is 12.1 Å². The Labute approximate surface area is 81.1 Å². The van der Waals surface area contributed by atoms with Crippen LogP contribution in [-0.2, 0) is 0 Å². The van der Waals surface area contributed by atoms with Crippen molar-refractivity contribution in [3.05, 3.63) is 30.3 Å². The fourth-order valence-corrected chi connectivity index (χ4v) is 0.664. The SMILES string of the molecule is NC(=O)Nc1ccccc1.NC(N)=O. The minimum absolute atomic E-state index is 0.536. The molecule has 1 rings (SSSR count). The first-order valence-electron chi connectivity index (χ1n) is 3.68. The average Bonchev–Trinajstić information content (AvgIpc) is 2.03. The lowest BCUT2D eigenvalue weighted by atomic mass is 10.3. The number of rotatable bonds is 1. The molecule has 0 radical (unpaired) electrons. The number of amides is 4. The molecule has 6 heteroatoms. The van der Waals surface area contributed by atoms with Crippen molar-refractivity contribution in [1.82, 2.24) is 0 Å². The van der Waals surface area contributed by atoms with Gasteiger partial charge in [0.15, 0.2) is 0 Å². The van der Waals surface area contributed by atoms with Gasteiger partial charge in [0.05, 0.1) is 0 Å². The van der Waals surface area contributed by atoms with E-state index in [-0.39, 0.29) is 0 Å². The summed E-state index contributed by atoms with van der Waals surface area (Å²) in [4.78, 5) is 19.3. The Morgan fingerprint density at radius 2 is 1.43 bits per heavy atom.